The van der Waals surface area contributed by atoms with Crippen LogP contribution in [0.2, 0.25) is 0 Å². The monoisotopic (exact) mass is 534 g/mol. The molecule has 1 saturated heterocycles. The number of guanidine groups is 1. The third-order valence-electron chi connectivity index (χ3n) is 5.27. The number of nitrogens with one attached hydrogen (secondary N) is 2. The number of halogens is 1. The quantitative estimate of drug-likeness (QED) is 0.338. The maximum Gasteiger partial charge on any atom is 0.211 e. The third kappa shape index (κ3) is 6.32. The van der Waals surface area contributed by atoms with Crippen molar-refractivity contribution in [1.29, 1.82) is 0 Å². The molecule has 0 aliphatic carbocycles. The summed E-state index contributed by atoms with van der Waals surface area (Å²) in [7, 11) is -3.08. The zero-order chi connectivity index (χ0) is 20.1. The molecule has 1 aliphatic heterocycles. The molecule has 0 amide bonds. The van der Waals surface area contributed by atoms with Crippen LogP contribution in [0.15, 0.2) is 33.7 Å². The van der Waals surface area contributed by atoms with Crippen LogP contribution in [0.25, 0.3) is 11.0 Å². The molecule has 1 aromatic heterocycles. The van der Waals surface area contributed by atoms with Gasteiger partial charge < -0.3 is 15.1 Å². The molecule has 2 N–H and O–H groups in total. The highest BCUT2D eigenvalue weighted by Gasteiger charge is 2.24. The summed E-state index contributed by atoms with van der Waals surface area (Å²) >= 11 is 0. The summed E-state index contributed by atoms with van der Waals surface area (Å²) in [6, 6.07) is 8.02. The molecule has 2 heterocycles. The number of furan rings is 1. The van der Waals surface area contributed by atoms with Gasteiger partial charge in [0, 0.05) is 37.1 Å². The average Bonchev–Trinajstić information content (AvgIpc) is 3.00. The first-order valence-corrected chi connectivity index (χ1v) is 11.7. The summed E-state index contributed by atoms with van der Waals surface area (Å²) < 4.78 is 30.8. The van der Waals surface area contributed by atoms with E-state index in [1.807, 2.05) is 25.1 Å². The molecule has 0 saturated carbocycles. The van der Waals surface area contributed by atoms with Crippen LogP contribution in [-0.4, -0.2) is 51.1 Å². The van der Waals surface area contributed by atoms with Crippen LogP contribution < -0.4 is 10.6 Å². The normalized spacial score (nSPS) is 16.6. The highest BCUT2D eigenvalue weighted by atomic mass is 127. The first kappa shape index (κ1) is 23.9. The molecule has 162 valence electrons. The fourth-order valence-corrected chi connectivity index (χ4v) is 4.43. The number of hydrogen-bond acceptors (Lipinski definition) is 4. The Morgan fingerprint density at radius 2 is 1.93 bits per heavy atom. The maximum absolute atomic E-state index is 11.6. The van der Waals surface area contributed by atoms with E-state index in [-0.39, 0.29) is 24.0 Å². The lowest BCUT2D eigenvalue weighted by Gasteiger charge is -2.30. The molecule has 1 fully saturated rings. The maximum atomic E-state index is 11.6. The second-order valence-electron chi connectivity index (χ2n) is 7.33. The number of fused-ring (bicyclic) bond motifs is 1. The van der Waals surface area contributed by atoms with E-state index in [0.29, 0.717) is 25.6 Å². The summed E-state index contributed by atoms with van der Waals surface area (Å²) in [5.41, 5.74) is 2.02. The van der Waals surface area contributed by atoms with Gasteiger partial charge in [-0.05, 0) is 38.7 Å². The van der Waals surface area contributed by atoms with Crippen molar-refractivity contribution in [2.24, 2.45) is 10.9 Å². The van der Waals surface area contributed by atoms with Crippen LogP contribution in [-0.2, 0) is 16.6 Å². The van der Waals surface area contributed by atoms with Crippen molar-refractivity contribution >= 4 is 50.9 Å². The van der Waals surface area contributed by atoms with Crippen LogP contribution in [0.3, 0.4) is 0 Å². The van der Waals surface area contributed by atoms with Crippen molar-refractivity contribution in [3.05, 3.63) is 35.6 Å². The Morgan fingerprint density at radius 1 is 1.24 bits per heavy atom. The van der Waals surface area contributed by atoms with E-state index in [1.54, 1.807) is 4.31 Å². The van der Waals surface area contributed by atoms with E-state index >= 15 is 0 Å². The van der Waals surface area contributed by atoms with E-state index in [0.717, 1.165) is 54.2 Å². The number of nitrogens with zero attached hydrogens (tertiary/aromatic N) is 2. The minimum atomic E-state index is -3.08. The van der Waals surface area contributed by atoms with Gasteiger partial charge >= 0.3 is 0 Å². The predicted octanol–water partition coefficient (Wildman–Crippen LogP) is 3.09. The molecule has 9 heteroatoms. The number of sulfonamides is 1. The Labute approximate surface area is 190 Å². The van der Waals surface area contributed by atoms with Gasteiger partial charge in [0.1, 0.15) is 17.9 Å². The van der Waals surface area contributed by atoms with Gasteiger partial charge in [-0.1, -0.05) is 18.2 Å². The minimum absolute atomic E-state index is 0. The molecule has 0 bridgehead atoms. The third-order valence-corrected chi connectivity index (χ3v) is 6.57. The van der Waals surface area contributed by atoms with Crippen LogP contribution in [0.1, 0.15) is 31.1 Å². The summed E-state index contributed by atoms with van der Waals surface area (Å²) in [6.07, 6.45) is 3.01. The second kappa shape index (κ2) is 10.6. The number of benzene rings is 1. The van der Waals surface area contributed by atoms with Crippen LogP contribution in [0.5, 0.6) is 0 Å². The Kier molecular flexibility index (Phi) is 8.77. The fourth-order valence-electron chi connectivity index (χ4n) is 3.55. The highest BCUT2D eigenvalue weighted by molar-refractivity contribution is 14.0. The highest BCUT2D eigenvalue weighted by Crippen LogP contribution is 2.25. The summed E-state index contributed by atoms with van der Waals surface area (Å²) in [6.45, 7) is 7.32. The zero-order valence-corrected chi connectivity index (χ0v) is 20.4. The van der Waals surface area contributed by atoms with Crippen LogP contribution >= 0.6 is 24.0 Å². The van der Waals surface area contributed by atoms with Crippen molar-refractivity contribution in [2.45, 2.75) is 33.2 Å². The zero-order valence-electron chi connectivity index (χ0n) is 17.3. The van der Waals surface area contributed by atoms with Gasteiger partial charge in [-0.15, -0.1) is 24.0 Å². The Morgan fingerprint density at radius 3 is 2.55 bits per heavy atom. The van der Waals surface area contributed by atoms with Gasteiger partial charge in [0.15, 0.2) is 5.96 Å². The standard InChI is InChI=1S/C20H30N4O3S.HI/c1-4-21-20(22-13-16-9-11-24(12-10-16)28(3,25)26)23-14-19-15(2)17-7-5-6-8-18(17)27-19;/h5-8,16H,4,9-14H2,1-3H3,(H2,21,22,23);1H. The van der Waals surface area contributed by atoms with Crippen molar-refractivity contribution in [1.82, 2.24) is 14.9 Å². The van der Waals surface area contributed by atoms with Gasteiger partial charge in [-0.25, -0.2) is 17.7 Å². The van der Waals surface area contributed by atoms with E-state index < -0.39 is 10.0 Å². The van der Waals surface area contributed by atoms with Gasteiger partial charge in [0.05, 0.1) is 6.26 Å². The second-order valence-corrected chi connectivity index (χ2v) is 9.31. The molecule has 1 aromatic carbocycles. The molecule has 1 aliphatic rings. The van der Waals surface area contributed by atoms with Crippen molar-refractivity contribution in [3.8, 4) is 0 Å². The minimum Gasteiger partial charge on any atom is -0.459 e. The molecule has 0 atom stereocenters. The lowest BCUT2D eigenvalue weighted by molar-refractivity contribution is 0.275. The molecule has 2 aromatic rings. The Bertz CT molecular complexity index is 934. The van der Waals surface area contributed by atoms with Crippen LogP contribution in [0.4, 0.5) is 0 Å². The molecule has 0 radical (unpaired) electrons. The lowest BCUT2D eigenvalue weighted by atomic mass is 9.98. The molecule has 0 spiro atoms. The first-order valence-electron chi connectivity index (χ1n) is 9.82. The van der Waals surface area contributed by atoms with Crippen molar-refractivity contribution in [3.63, 3.8) is 0 Å². The fraction of sp³-hybridized carbons (Fsp3) is 0.550. The molecular weight excluding hydrogens is 503 g/mol. The van der Waals surface area contributed by atoms with Gasteiger partial charge in [0.25, 0.3) is 0 Å². The number of para-hydroxylation sites is 1. The number of aliphatic imine (C=N–C) groups is 1. The first-order chi connectivity index (χ1) is 13.4. The van der Waals surface area contributed by atoms with Gasteiger partial charge in [-0.3, -0.25) is 0 Å². The Hall–Kier alpha value is -1.33. The number of rotatable bonds is 6. The molecule has 3 rings (SSSR count). The van der Waals surface area contributed by atoms with Crippen molar-refractivity contribution < 1.29 is 12.8 Å². The smallest absolute Gasteiger partial charge is 0.211 e. The van der Waals surface area contributed by atoms with Gasteiger partial charge in [0.2, 0.25) is 10.0 Å². The summed E-state index contributed by atoms with van der Waals surface area (Å²) in [5, 5.41) is 7.79. The van der Waals surface area contributed by atoms with Gasteiger partial charge in [-0.2, -0.15) is 0 Å². The average molecular weight is 534 g/mol. The van der Waals surface area contributed by atoms with Crippen LogP contribution in [0, 0.1) is 12.8 Å². The van der Waals surface area contributed by atoms with Crippen molar-refractivity contribution in [2.75, 3.05) is 32.4 Å². The Balaban J connectivity index is 0.00000300. The van der Waals surface area contributed by atoms with E-state index in [2.05, 4.69) is 28.6 Å². The SMILES string of the molecule is CCNC(=NCc1oc2ccccc2c1C)NCC1CCN(S(C)(=O)=O)CC1.I. The predicted molar refractivity (Wildman–Crippen MR) is 128 cm³/mol. The molecule has 29 heavy (non-hydrogen) atoms. The topological polar surface area (TPSA) is 86.9 Å². The van der Waals surface area contributed by atoms with E-state index in [4.69, 9.17) is 4.42 Å². The van der Waals surface area contributed by atoms with E-state index in [1.165, 1.54) is 6.26 Å². The molecular formula is C20H31IN4O3S. The molecule has 0 unspecified atom stereocenters. The lowest BCUT2D eigenvalue weighted by Crippen LogP contribution is -2.44. The summed E-state index contributed by atoms with van der Waals surface area (Å²) in [4.78, 5) is 4.67. The number of aryl methyl sites for hydroxylation is 1. The van der Waals surface area contributed by atoms with E-state index in [9.17, 15) is 8.42 Å². The summed E-state index contributed by atoms with van der Waals surface area (Å²) in [5.74, 6) is 2.07. The largest absolute Gasteiger partial charge is 0.459 e. The number of piperidine rings is 1. The number of hydrogen-bond donors (Lipinski definition) is 2. The molecule has 7 nitrogen and oxygen atoms in total.